The number of nitrogens with zero attached hydrogens (tertiary/aromatic N) is 1. The molecule has 0 amide bonds. The first-order valence-corrected chi connectivity index (χ1v) is 6.27. The lowest BCUT2D eigenvalue weighted by atomic mass is 10.1. The van der Waals surface area contributed by atoms with Crippen molar-refractivity contribution in [3.8, 4) is 0 Å². The zero-order valence-electron chi connectivity index (χ0n) is 11.1. The van der Waals surface area contributed by atoms with Gasteiger partial charge in [0.1, 0.15) is 5.76 Å². The van der Waals surface area contributed by atoms with E-state index in [1.807, 2.05) is 6.07 Å². The van der Waals surface area contributed by atoms with Crippen LogP contribution >= 0.6 is 0 Å². The number of nitro groups is 1. The first-order chi connectivity index (χ1) is 9.61. The van der Waals surface area contributed by atoms with Gasteiger partial charge < -0.3 is 14.8 Å². The normalized spacial score (nSPS) is 12.1. The second-order valence-corrected chi connectivity index (χ2v) is 4.48. The zero-order chi connectivity index (χ0) is 14.5. The Morgan fingerprint density at radius 2 is 2.25 bits per heavy atom. The molecule has 2 N–H and O–H groups in total. The van der Waals surface area contributed by atoms with Crippen molar-refractivity contribution in [3.05, 3.63) is 58.0 Å². The fraction of sp³-hybridized carbons (Fsp3) is 0.286. The Kier molecular flexibility index (Phi) is 4.37. The third kappa shape index (κ3) is 3.16. The van der Waals surface area contributed by atoms with Gasteiger partial charge in [-0.25, -0.2) is 0 Å². The fourth-order valence-corrected chi connectivity index (χ4v) is 2.06. The average molecular weight is 276 g/mol. The maximum atomic E-state index is 10.8. The first-order valence-electron chi connectivity index (χ1n) is 6.27. The predicted molar refractivity (Wildman–Crippen MR) is 74.6 cm³/mol. The van der Waals surface area contributed by atoms with Crippen LogP contribution in [0.1, 0.15) is 23.8 Å². The minimum absolute atomic E-state index is 0.0182. The lowest BCUT2D eigenvalue weighted by molar-refractivity contribution is -0.385. The van der Waals surface area contributed by atoms with Crippen molar-refractivity contribution < 1.29 is 14.4 Å². The largest absolute Gasteiger partial charge is 0.467 e. The summed E-state index contributed by atoms with van der Waals surface area (Å²) < 4.78 is 5.33. The van der Waals surface area contributed by atoms with E-state index < -0.39 is 4.92 Å². The van der Waals surface area contributed by atoms with Crippen LogP contribution in [-0.4, -0.2) is 16.6 Å². The van der Waals surface area contributed by atoms with Gasteiger partial charge in [0.25, 0.3) is 5.69 Å². The number of aliphatic hydroxyl groups excluding tert-OH is 1. The van der Waals surface area contributed by atoms with Gasteiger partial charge in [-0.1, -0.05) is 0 Å². The molecular formula is C14H16N2O4. The number of furan rings is 1. The third-order valence-corrected chi connectivity index (χ3v) is 3.04. The molecule has 0 spiro atoms. The van der Waals surface area contributed by atoms with E-state index >= 15 is 0 Å². The van der Waals surface area contributed by atoms with Gasteiger partial charge in [-0.05, 0) is 37.6 Å². The summed E-state index contributed by atoms with van der Waals surface area (Å²) in [6.45, 7) is 1.71. The molecule has 1 aromatic heterocycles. The van der Waals surface area contributed by atoms with Crippen LogP contribution in [0, 0.1) is 17.0 Å². The van der Waals surface area contributed by atoms with Gasteiger partial charge in [0.05, 0.1) is 17.2 Å². The maximum Gasteiger partial charge on any atom is 0.272 e. The minimum atomic E-state index is -0.406. The van der Waals surface area contributed by atoms with Crippen LogP contribution in [0.15, 0.2) is 41.0 Å². The number of nitro benzene ring substituents is 1. The van der Waals surface area contributed by atoms with Crippen molar-refractivity contribution in [1.82, 2.24) is 0 Å². The van der Waals surface area contributed by atoms with Crippen molar-refractivity contribution in [2.45, 2.75) is 19.4 Å². The molecule has 0 aliphatic carbocycles. The second-order valence-electron chi connectivity index (χ2n) is 4.48. The molecule has 1 atom stereocenters. The van der Waals surface area contributed by atoms with Crippen LogP contribution in [0.25, 0.3) is 0 Å². The number of hydrogen-bond acceptors (Lipinski definition) is 5. The summed E-state index contributed by atoms with van der Waals surface area (Å²) in [6.07, 6.45) is 2.06. The second kappa shape index (κ2) is 6.21. The predicted octanol–water partition coefficient (Wildman–Crippen LogP) is 3.03. The molecule has 6 heteroatoms. The number of anilines is 1. The summed E-state index contributed by atoms with van der Waals surface area (Å²) in [5.74, 6) is 0.718. The van der Waals surface area contributed by atoms with Gasteiger partial charge in [-0.2, -0.15) is 0 Å². The molecule has 0 fully saturated rings. The van der Waals surface area contributed by atoms with Crippen LogP contribution in [-0.2, 0) is 0 Å². The molecule has 106 valence electrons. The summed E-state index contributed by atoms with van der Waals surface area (Å²) in [6, 6.07) is 8.27. The highest BCUT2D eigenvalue weighted by atomic mass is 16.6. The SMILES string of the molecule is Cc1cc(NC(CCO)c2ccco2)ccc1[N+](=O)[O-]. The molecule has 0 aliphatic heterocycles. The van der Waals surface area contributed by atoms with Gasteiger partial charge in [-0.3, -0.25) is 10.1 Å². The summed E-state index contributed by atoms with van der Waals surface area (Å²) in [7, 11) is 0. The van der Waals surface area contributed by atoms with Gasteiger partial charge in [-0.15, -0.1) is 0 Å². The van der Waals surface area contributed by atoms with E-state index in [1.165, 1.54) is 6.07 Å². The lowest BCUT2D eigenvalue weighted by Crippen LogP contribution is -2.12. The number of aliphatic hydroxyl groups is 1. The summed E-state index contributed by atoms with van der Waals surface area (Å²) in [5.41, 5.74) is 1.43. The number of aryl methyl sites for hydroxylation is 1. The van der Waals surface area contributed by atoms with Crippen molar-refractivity contribution >= 4 is 11.4 Å². The van der Waals surface area contributed by atoms with E-state index in [2.05, 4.69) is 5.32 Å². The highest BCUT2D eigenvalue weighted by Gasteiger charge is 2.15. The number of rotatable bonds is 6. The van der Waals surface area contributed by atoms with Crippen LogP contribution in [0.2, 0.25) is 0 Å². The van der Waals surface area contributed by atoms with Crippen LogP contribution in [0.5, 0.6) is 0 Å². The van der Waals surface area contributed by atoms with E-state index in [1.54, 1.807) is 31.4 Å². The van der Waals surface area contributed by atoms with E-state index in [9.17, 15) is 10.1 Å². The van der Waals surface area contributed by atoms with Gasteiger partial charge in [0.2, 0.25) is 0 Å². The highest BCUT2D eigenvalue weighted by Crippen LogP contribution is 2.26. The van der Waals surface area contributed by atoms with Gasteiger partial charge in [0, 0.05) is 23.9 Å². The first kappa shape index (κ1) is 14.1. The van der Waals surface area contributed by atoms with E-state index in [0.29, 0.717) is 12.0 Å². The molecular weight excluding hydrogens is 260 g/mol. The monoisotopic (exact) mass is 276 g/mol. The van der Waals surface area contributed by atoms with Crippen molar-refractivity contribution in [2.75, 3.05) is 11.9 Å². The van der Waals surface area contributed by atoms with Crippen LogP contribution < -0.4 is 5.32 Å². The van der Waals surface area contributed by atoms with E-state index in [4.69, 9.17) is 9.52 Å². The molecule has 0 bridgehead atoms. The van der Waals surface area contributed by atoms with E-state index in [-0.39, 0.29) is 18.3 Å². The van der Waals surface area contributed by atoms with Crippen molar-refractivity contribution in [3.63, 3.8) is 0 Å². The third-order valence-electron chi connectivity index (χ3n) is 3.04. The molecule has 20 heavy (non-hydrogen) atoms. The standard InChI is InChI=1S/C14H16N2O4/c1-10-9-11(4-5-13(10)16(18)19)15-12(6-7-17)14-3-2-8-20-14/h2-5,8-9,12,15,17H,6-7H2,1H3. The molecule has 2 rings (SSSR count). The summed E-state index contributed by atoms with van der Waals surface area (Å²) >= 11 is 0. The molecule has 0 radical (unpaired) electrons. The summed E-state index contributed by atoms with van der Waals surface area (Å²) in [5, 5.41) is 23.1. The molecule has 0 aliphatic rings. The Morgan fingerprint density at radius 3 is 2.80 bits per heavy atom. The lowest BCUT2D eigenvalue weighted by Gasteiger charge is -2.17. The number of benzene rings is 1. The average Bonchev–Trinajstić information content (AvgIpc) is 2.91. The quantitative estimate of drug-likeness (QED) is 0.625. The van der Waals surface area contributed by atoms with E-state index in [0.717, 1.165) is 11.4 Å². The van der Waals surface area contributed by atoms with Crippen molar-refractivity contribution in [1.29, 1.82) is 0 Å². The van der Waals surface area contributed by atoms with Gasteiger partial charge in [0.15, 0.2) is 0 Å². The van der Waals surface area contributed by atoms with Crippen LogP contribution in [0.4, 0.5) is 11.4 Å². The molecule has 0 saturated carbocycles. The molecule has 2 aromatic rings. The Labute approximate surface area is 116 Å². The van der Waals surface area contributed by atoms with Crippen molar-refractivity contribution in [2.24, 2.45) is 0 Å². The summed E-state index contributed by atoms with van der Waals surface area (Å²) in [4.78, 5) is 10.4. The minimum Gasteiger partial charge on any atom is -0.467 e. The molecule has 6 nitrogen and oxygen atoms in total. The maximum absolute atomic E-state index is 10.8. The molecule has 1 aromatic carbocycles. The molecule has 0 saturated heterocycles. The van der Waals surface area contributed by atoms with Gasteiger partial charge >= 0.3 is 0 Å². The Hall–Kier alpha value is -2.34. The Balaban J connectivity index is 2.19. The number of hydrogen-bond donors (Lipinski definition) is 2. The highest BCUT2D eigenvalue weighted by molar-refractivity contribution is 5.54. The topological polar surface area (TPSA) is 88.5 Å². The zero-order valence-corrected chi connectivity index (χ0v) is 11.1. The van der Waals surface area contributed by atoms with Crippen LogP contribution in [0.3, 0.4) is 0 Å². The molecule has 1 heterocycles. The smallest absolute Gasteiger partial charge is 0.272 e. The fourth-order valence-electron chi connectivity index (χ4n) is 2.06. The molecule has 1 unspecified atom stereocenters. The Morgan fingerprint density at radius 1 is 1.45 bits per heavy atom. The number of nitrogens with one attached hydrogen (secondary N) is 1. The Bertz CT molecular complexity index is 581.